The maximum absolute atomic E-state index is 11.3. The van der Waals surface area contributed by atoms with Gasteiger partial charge in [-0.05, 0) is 30.4 Å². The lowest BCUT2D eigenvalue weighted by atomic mass is 9.97. The van der Waals surface area contributed by atoms with Crippen LogP contribution in [0.2, 0.25) is 0 Å². The third-order valence-corrected chi connectivity index (χ3v) is 2.74. The highest BCUT2D eigenvalue weighted by Crippen LogP contribution is 2.26. The van der Waals surface area contributed by atoms with Gasteiger partial charge in [0.05, 0.1) is 0 Å². The Morgan fingerprint density at radius 1 is 1.39 bits per heavy atom. The molecule has 18 heavy (non-hydrogen) atoms. The Balaban J connectivity index is 3.03. The Hall–Kier alpha value is -1.83. The molecule has 96 valence electrons. The first-order chi connectivity index (χ1) is 8.58. The molecule has 0 radical (unpaired) electrons. The fourth-order valence-corrected chi connectivity index (χ4v) is 1.72. The van der Waals surface area contributed by atoms with E-state index in [1.54, 1.807) is 6.08 Å². The van der Waals surface area contributed by atoms with Crippen molar-refractivity contribution in [3.05, 3.63) is 48.6 Å². The molecule has 0 heterocycles. The van der Waals surface area contributed by atoms with Crippen LogP contribution in [-0.2, 0) is 11.2 Å². The van der Waals surface area contributed by atoms with Crippen molar-refractivity contribution >= 4 is 12.0 Å². The predicted molar refractivity (Wildman–Crippen MR) is 75.5 cm³/mol. The second kappa shape index (κ2) is 6.80. The molecule has 0 saturated heterocycles. The highest BCUT2D eigenvalue weighted by molar-refractivity contribution is 5.83. The Morgan fingerprint density at radius 2 is 2.11 bits per heavy atom. The molecule has 0 aliphatic rings. The first-order valence-electron chi connectivity index (χ1n) is 6.17. The van der Waals surface area contributed by atoms with Gasteiger partial charge in [0.1, 0.15) is 5.75 Å². The van der Waals surface area contributed by atoms with Crippen LogP contribution < -0.4 is 4.74 Å². The van der Waals surface area contributed by atoms with Crippen LogP contribution in [0.15, 0.2) is 37.4 Å². The average molecular weight is 244 g/mol. The summed E-state index contributed by atoms with van der Waals surface area (Å²) in [7, 11) is 0. The molecule has 0 fully saturated rings. The summed E-state index contributed by atoms with van der Waals surface area (Å²) in [5, 5.41) is 0. The second-order valence-electron chi connectivity index (χ2n) is 4.59. The van der Waals surface area contributed by atoms with Gasteiger partial charge in [-0.1, -0.05) is 45.2 Å². The third-order valence-electron chi connectivity index (χ3n) is 2.74. The molecule has 0 aliphatic carbocycles. The summed E-state index contributed by atoms with van der Waals surface area (Å²) in [6, 6.07) is 5.65. The molecule has 1 rings (SSSR count). The van der Waals surface area contributed by atoms with Crippen molar-refractivity contribution in [2.24, 2.45) is 5.92 Å². The van der Waals surface area contributed by atoms with Crippen LogP contribution in [0.4, 0.5) is 0 Å². The summed E-state index contributed by atoms with van der Waals surface area (Å²) in [6.45, 7) is 11.6. The van der Waals surface area contributed by atoms with Crippen LogP contribution >= 0.6 is 0 Å². The maximum Gasteiger partial charge on any atom is 0.335 e. The Kier molecular flexibility index (Phi) is 5.37. The molecule has 2 nitrogen and oxygen atoms in total. The number of hydrogen-bond donors (Lipinski definition) is 0. The number of benzene rings is 1. The third kappa shape index (κ3) is 3.88. The van der Waals surface area contributed by atoms with Gasteiger partial charge < -0.3 is 4.74 Å². The zero-order valence-corrected chi connectivity index (χ0v) is 11.1. The van der Waals surface area contributed by atoms with Crippen molar-refractivity contribution < 1.29 is 9.53 Å². The summed E-state index contributed by atoms with van der Waals surface area (Å²) in [4.78, 5) is 11.3. The number of esters is 1. The Bertz CT molecular complexity index is 444. The fraction of sp³-hybridized carbons (Fsp3) is 0.312. The largest absolute Gasteiger partial charge is 0.423 e. The predicted octanol–water partition coefficient (Wildman–Crippen LogP) is 4.01. The van der Waals surface area contributed by atoms with E-state index in [0.717, 1.165) is 24.0 Å². The van der Waals surface area contributed by atoms with Crippen molar-refractivity contribution in [3.8, 4) is 5.75 Å². The van der Waals surface area contributed by atoms with E-state index in [2.05, 4.69) is 27.0 Å². The minimum absolute atomic E-state index is 0.429. The molecule has 1 aromatic carbocycles. The molecule has 0 spiro atoms. The molecule has 1 aromatic rings. The van der Waals surface area contributed by atoms with Crippen LogP contribution in [0.25, 0.3) is 6.08 Å². The van der Waals surface area contributed by atoms with Gasteiger partial charge in [-0.15, -0.1) is 0 Å². The molecule has 0 N–H and O–H groups in total. The molecular weight excluding hydrogens is 224 g/mol. The lowest BCUT2D eigenvalue weighted by Crippen LogP contribution is -2.07. The lowest BCUT2D eigenvalue weighted by molar-refractivity contribution is -0.129. The van der Waals surface area contributed by atoms with E-state index >= 15 is 0 Å². The van der Waals surface area contributed by atoms with Crippen LogP contribution in [0.1, 0.15) is 31.4 Å². The maximum atomic E-state index is 11.3. The van der Waals surface area contributed by atoms with E-state index < -0.39 is 5.97 Å². The van der Waals surface area contributed by atoms with E-state index in [9.17, 15) is 4.79 Å². The minimum atomic E-state index is -0.429. The van der Waals surface area contributed by atoms with Gasteiger partial charge in [0.15, 0.2) is 0 Å². The van der Waals surface area contributed by atoms with Crippen LogP contribution in [0, 0.1) is 5.92 Å². The topological polar surface area (TPSA) is 26.3 Å². The van der Waals surface area contributed by atoms with Crippen molar-refractivity contribution in [3.63, 3.8) is 0 Å². The van der Waals surface area contributed by atoms with Gasteiger partial charge in [-0.25, -0.2) is 4.79 Å². The Morgan fingerprint density at radius 3 is 2.67 bits per heavy atom. The zero-order valence-electron chi connectivity index (χ0n) is 11.1. The van der Waals surface area contributed by atoms with Crippen LogP contribution in [-0.4, -0.2) is 5.97 Å². The first-order valence-corrected chi connectivity index (χ1v) is 6.17. The summed E-state index contributed by atoms with van der Waals surface area (Å²) < 4.78 is 5.26. The van der Waals surface area contributed by atoms with Crippen molar-refractivity contribution in [2.75, 3.05) is 0 Å². The van der Waals surface area contributed by atoms with E-state index in [-0.39, 0.29) is 0 Å². The van der Waals surface area contributed by atoms with E-state index in [1.165, 1.54) is 6.08 Å². The normalized spacial score (nSPS) is 10.2. The fourth-order valence-electron chi connectivity index (χ4n) is 1.72. The van der Waals surface area contributed by atoms with Crippen molar-refractivity contribution in [1.82, 2.24) is 0 Å². The summed E-state index contributed by atoms with van der Waals surface area (Å²) in [5.74, 6) is 0.783. The number of hydrogen-bond acceptors (Lipinski definition) is 2. The van der Waals surface area contributed by atoms with E-state index in [4.69, 9.17) is 4.74 Å². The van der Waals surface area contributed by atoms with Gasteiger partial charge in [-0.3, -0.25) is 0 Å². The first kappa shape index (κ1) is 14.2. The molecule has 0 aliphatic heterocycles. The van der Waals surface area contributed by atoms with Crippen LogP contribution in [0.5, 0.6) is 5.75 Å². The van der Waals surface area contributed by atoms with Crippen molar-refractivity contribution in [2.45, 2.75) is 26.7 Å². The molecule has 0 amide bonds. The molecular formula is C16H20O2. The highest BCUT2D eigenvalue weighted by Gasteiger charge is 2.10. The zero-order chi connectivity index (χ0) is 13.5. The number of ether oxygens (including phenoxy) is 1. The molecule has 0 bridgehead atoms. The Labute approximate surface area is 109 Å². The van der Waals surface area contributed by atoms with Gasteiger partial charge in [0.25, 0.3) is 0 Å². The van der Waals surface area contributed by atoms with Gasteiger partial charge in [0, 0.05) is 11.6 Å². The van der Waals surface area contributed by atoms with Crippen LogP contribution in [0.3, 0.4) is 0 Å². The molecule has 0 aromatic heterocycles. The lowest BCUT2D eigenvalue weighted by Gasteiger charge is -2.13. The monoisotopic (exact) mass is 244 g/mol. The van der Waals surface area contributed by atoms with E-state index in [1.807, 2.05) is 18.2 Å². The minimum Gasteiger partial charge on any atom is -0.423 e. The quantitative estimate of drug-likeness (QED) is 0.429. The molecule has 0 saturated carbocycles. The van der Waals surface area contributed by atoms with E-state index in [0.29, 0.717) is 11.7 Å². The number of carbonyl (C=O) groups is 1. The summed E-state index contributed by atoms with van der Waals surface area (Å²) in [6.07, 6.45) is 4.89. The smallest absolute Gasteiger partial charge is 0.335 e. The molecule has 2 heteroatoms. The number of carbonyl (C=O) groups excluding carboxylic acids is 1. The second-order valence-corrected chi connectivity index (χ2v) is 4.59. The van der Waals surface area contributed by atoms with Gasteiger partial charge >= 0.3 is 5.97 Å². The summed E-state index contributed by atoms with van der Waals surface area (Å²) in [5.41, 5.74) is 2.06. The average Bonchev–Trinajstić information content (AvgIpc) is 2.36. The van der Waals surface area contributed by atoms with Gasteiger partial charge in [-0.2, -0.15) is 0 Å². The number of rotatable bonds is 6. The SMILES string of the molecule is C=CC(=O)Oc1cccc(C=C)c1CCC(C)C. The summed E-state index contributed by atoms with van der Waals surface area (Å²) >= 11 is 0. The standard InChI is InChI=1S/C16H20O2/c1-5-13-8-7-9-15(18-16(17)6-2)14(13)11-10-12(3)4/h5-9,12H,1-2,10-11H2,3-4H3. The van der Waals surface area contributed by atoms with Gasteiger partial charge in [0.2, 0.25) is 0 Å². The highest BCUT2D eigenvalue weighted by atomic mass is 16.5. The molecule has 0 atom stereocenters. The molecule has 0 unspecified atom stereocenters. The van der Waals surface area contributed by atoms with Crippen molar-refractivity contribution in [1.29, 1.82) is 0 Å².